The highest BCUT2D eigenvalue weighted by Crippen LogP contribution is 2.14. The summed E-state index contributed by atoms with van der Waals surface area (Å²) < 4.78 is 5.35. The number of rotatable bonds is 8. The van der Waals surface area contributed by atoms with Crippen molar-refractivity contribution in [3.63, 3.8) is 0 Å². The molecule has 0 saturated heterocycles. The Hall–Kier alpha value is -3.00. The van der Waals surface area contributed by atoms with Gasteiger partial charge in [-0.1, -0.05) is 24.3 Å². The molecule has 24 heavy (non-hydrogen) atoms. The Bertz CT molecular complexity index is 695. The third-order valence-electron chi connectivity index (χ3n) is 3.48. The topological polar surface area (TPSA) is 82.3 Å². The van der Waals surface area contributed by atoms with E-state index in [-0.39, 0.29) is 18.4 Å². The molecule has 0 aliphatic heterocycles. The van der Waals surface area contributed by atoms with E-state index in [0.29, 0.717) is 12.0 Å². The van der Waals surface area contributed by atoms with Crippen LogP contribution in [0.3, 0.4) is 0 Å². The van der Waals surface area contributed by atoms with Crippen LogP contribution in [0.4, 0.5) is 5.69 Å². The first-order chi connectivity index (χ1) is 11.7. The molecular formula is C19H20N2O3. The molecule has 2 aromatic rings. The number of esters is 1. The standard InChI is InChI=1S/C19H20N2O3/c20-12-5-4-10-17(21-16-8-2-1-3-9-16)14-24-19(23)15-7-6-11-18(22)13-15/h1-3,6-9,11,13,17,21-22H,4-5,10,14H2. The highest BCUT2D eigenvalue weighted by atomic mass is 16.5. The van der Waals surface area contributed by atoms with E-state index in [1.54, 1.807) is 12.1 Å². The number of ether oxygens (including phenoxy) is 1. The van der Waals surface area contributed by atoms with E-state index >= 15 is 0 Å². The van der Waals surface area contributed by atoms with Crippen LogP contribution in [0.1, 0.15) is 29.6 Å². The number of nitriles is 1. The lowest BCUT2D eigenvalue weighted by molar-refractivity contribution is 0.0484. The predicted molar refractivity (Wildman–Crippen MR) is 91.7 cm³/mol. The van der Waals surface area contributed by atoms with Crippen LogP contribution in [0.15, 0.2) is 54.6 Å². The minimum atomic E-state index is -0.481. The second-order valence-corrected chi connectivity index (χ2v) is 5.41. The van der Waals surface area contributed by atoms with Gasteiger partial charge in [-0.3, -0.25) is 0 Å². The van der Waals surface area contributed by atoms with Crippen molar-refractivity contribution in [1.29, 1.82) is 5.26 Å². The fraction of sp³-hybridized carbons (Fsp3) is 0.263. The lowest BCUT2D eigenvalue weighted by Crippen LogP contribution is -2.27. The van der Waals surface area contributed by atoms with E-state index in [0.717, 1.165) is 18.5 Å². The van der Waals surface area contributed by atoms with Crippen LogP contribution in [0, 0.1) is 11.3 Å². The van der Waals surface area contributed by atoms with Gasteiger partial charge in [-0.15, -0.1) is 0 Å². The van der Waals surface area contributed by atoms with E-state index in [2.05, 4.69) is 11.4 Å². The number of carbonyl (C=O) groups excluding carboxylic acids is 1. The number of carbonyl (C=O) groups is 1. The average molecular weight is 324 g/mol. The smallest absolute Gasteiger partial charge is 0.338 e. The van der Waals surface area contributed by atoms with Gasteiger partial charge in [-0.05, 0) is 43.2 Å². The van der Waals surface area contributed by atoms with Crippen molar-refractivity contribution in [3.05, 3.63) is 60.2 Å². The number of benzene rings is 2. The first-order valence-corrected chi connectivity index (χ1v) is 7.83. The lowest BCUT2D eigenvalue weighted by atomic mass is 10.1. The van der Waals surface area contributed by atoms with Crippen molar-refractivity contribution >= 4 is 11.7 Å². The number of aromatic hydroxyl groups is 1. The van der Waals surface area contributed by atoms with Crippen LogP contribution in [-0.2, 0) is 4.74 Å². The predicted octanol–water partition coefficient (Wildman–Crippen LogP) is 3.72. The summed E-state index contributed by atoms with van der Waals surface area (Å²) in [5, 5.41) is 21.4. The van der Waals surface area contributed by atoms with Crippen molar-refractivity contribution in [2.75, 3.05) is 11.9 Å². The van der Waals surface area contributed by atoms with Gasteiger partial charge in [0.1, 0.15) is 12.4 Å². The molecule has 5 heteroatoms. The SMILES string of the molecule is N#CCCCC(COC(=O)c1cccc(O)c1)Nc1ccccc1. The maximum Gasteiger partial charge on any atom is 0.338 e. The van der Waals surface area contributed by atoms with Crippen LogP contribution in [0.2, 0.25) is 0 Å². The van der Waals surface area contributed by atoms with Crippen molar-refractivity contribution in [2.45, 2.75) is 25.3 Å². The largest absolute Gasteiger partial charge is 0.508 e. The Morgan fingerprint density at radius 1 is 1.21 bits per heavy atom. The van der Waals surface area contributed by atoms with Crippen molar-refractivity contribution in [2.24, 2.45) is 0 Å². The maximum atomic E-state index is 12.1. The van der Waals surface area contributed by atoms with E-state index in [4.69, 9.17) is 10.00 Å². The molecule has 1 atom stereocenters. The molecule has 0 fully saturated rings. The summed E-state index contributed by atoms with van der Waals surface area (Å²) in [6.07, 6.45) is 1.91. The zero-order valence-corrected chi connectivity index (χ0v) is 13.3. The van der Waals surface area contributed by atoms with Crippen molar-refractivity contribution in [1.82, 2.24) is 0 Å². The van der Waals surface area contributed by atoms with Crippen molar-refractivity contribution < 1.29 is 14.6 Å². The highest BCUT2D eigenvalue weighted by molar-refractivity contribution is 5.89. The molecule has 0 radical (unpaired) electrons. The second-order valence-electron chi connectivity index (χ2n) is 5.41. The summed E-state index contributed by atoms with van der Waals surface area (Å²) in [7, 11) is 0. The van der Waals surface area contributed by atoms with Gasteiger partial charge in [0.25, 0.3) is 0 Å². The fourth-order valence-electron chi connectivity index (χ4n) is 2.29. The normalized spacial score (nSPS) is 11.3. The fourth-order valence-corrected chi connectivity index (χ4v) is 2.29. The molecule has 0 aliphatic rings. The van der Waals surface area contributed by atoms with Gasteiger partial charge in [0.15, 0.2) is 0 Å². The number of hydrogen-bond donors (Lipinski definition) is 2. The second kappa shape index (κ2) is 9.21. The number of hydrogen-bond acceptors (Lipinski definition) is 5. The number of phenols is 1. The Balaban J connectivity index is 1.94. The summed E-state index contributed by atoms with van der Waals surface area (Å²) in [6, 6.07) is 17.8. The molecule has 2 N–H and O–H groups in total. The molecule has 0 aliphatic carbocycles. The van der Waals surface area contributed by atoms with Gasteiger partial charge in [0, 0.05) is 12.1 Å². The van der Waals surface area contributed by atoms with Gasteiger partial charge >= 0.3 is 5.97 Å². The quantitative estimate of drug-likeness (QED) is 0.571. The minimum absolute atomic E-state index is 0.0254. The molecule has 2 aromatic carbocycles. The molecule has 124 valence electrons. The van der Waals surface area contributed by atoms with Crippen LogP contribution in [0.25, 0.3) is 0 Å². The van der Waals surface area contributed by atoms with Gasteiger partial charge in [0.05, 0.1) is 17.7 Å². The molecule has 0 spiro atoms. The lowest BCUT2D eigenvalue weighted by Gasteiger charge is -2.19. The third kappa shape index (κ3) is 5.65. The van der Waals surface area contributed by atoms with Crippen LogP contribution in [0.5, 0.6) is 5.75 Å². The first kappa shape index (κ1) is 17.4. The molecule has 1 unspecified atom stereocenters. The van der Waals surface area contributed by atoms with Crippen LogP contribution >= 0.6 is 0 Å². The van der Waals surface area contributed by atoms with E-state index in [1.807, 2.05) is 30.3 Å². The number of para-hydroxylation sites is 1. The number of nitrogens with one attached hydrogen (secondary N) is 1. The molecule has 2 rings (SSSR count). The Labute approximate surface area is 141 Å². The third-order valence-corrected chi connectivity index (χ3v) is 3.48. The number of nitrogens with zero attached hydrogens (tertiary/aromatic N) is 1. The molecule has 0 bridgehead atoms. The van der Waals surface area contributed by atoms with Gasteiger partial charge < -0.3 is 15.2 Å². The Morgan fingerprint density at radius 2 is 2.00 bits per heavy atom. The molecule has 0 heterocycles. The monoisotopic (exact) mass is 324 g/mol. The summed E-state index contributed by atoms with van der Waals surface area (Å²) in [4.78, 5) is 12.1. The average Bonchev–Trinajstić information content (AvgIpc) is 2.60. The van der Waals surface area contributed by atoms with E-state index in [1.165, 1.54) is 12.1 Å². The maximum absolute atomic E-state index is 12.1. The molecule has 0 amide bonds. The number of phenolic OH excluding ortho intramolecular Hbond substituents is 1. The van der Waals surface area contributed by atoms with E-state index in [9.17, 15) is 9.90 Å². The molecule has 0 saturated carbocycles. The number of unbranched alkanes of at least 4 members (excludes halogenated alkanes) is 1. The zero-order valence-electron chi connectivity index (χ0n) is 13.3. The summed E-state index contributed by atoms with van der Waals surface area (Å²) >= 11 is 0. The van der Waals surface area contributed by atoms with Crippen molar-refractivity contribution in [3.8, 4) is 11.8 Å². The first-order valence-electron chi connectivity index (χ1n) is 7.83. The van der Waals surface area contributed by atoms with Gasteiger partial charge in [0.2, 0.25) is 0 Å². The summed E-state index contributed by atoms with van der Waals surface area (Å²) in [6.45, 7) is 0.189. The Kier molecular flexibility index (Phi) is 6.66. The molecule has 0 aromatic heterocycles. The van der Waals surface area contributed by atoms with E-state index < -0.39 is 5.97 Å². The Morgan fingerprint density at radius 3 is 2.71 bits per heavy atom. The summed E-state index contributed by atoms with van der Waals surface area (Å²) in [5.74, 6) is -0.455. The minimum Gasteiger partial charge on any atom is -0.508 e. The molecule has 5 nitrogen and oxygen atoms in total. The van der Waals surface area contributed by atoms with Crippen LogP contribution < -0.4 is 5.32 Å². The highest BCUT2D eigenvalue weighted by Gasteiger charge is 2.14. The summed E-state index contributed by atoms with van der Waals surface area (Å²) in [5.41, 5.74) is 1.25. The molecular weight excluding hydrogens is 304 g/mol. The number of anilines is 1. The van der Waals surface area contributed by atoms with Gasteiger partial charge in [-0.25, -0.2) is 4.79 Å². The van der Waals surface area contributed by atoms with Gasteiger partial charge in [-0.2, -0.15) is 5.26 Å². The zero-order chi connectivity index (χ0) is 17.2. The van der Waals surface area contributed by atoms with Crippen LogP contribution in [-0.4, -0.2) is 23.7 Å².